The lowest BCUT2D eigenvalue weighted by Crippen LogP contribution is -2.30. The number of unbranched alkanes of at least 4 members (excludes halogenated alkanes) is 44. The van der Waals surface area contributed by atoms with Crippen LogP contribution < -0.4 is 0 Å². The van der Waals surface area contributed by atoms with Crippen molar-refractivity contribution >= 4 is 39.5 Å². The van der Waals surface area contributed by atoms with Crippen molar-refractivity contribution in [3.63, 3.8) is 0 Å². The van der Waals surface area contributed by atoms with Gasteiger partial charge in [0.15, 0.2) is 12.2 Å². The van der Waals surface area contributed by atoms with Gasteiger partial charge >= 0.3 is 39.5 Å². The van der Waals surface area contributed by atoms with Crippen LogP contribution in [0.3, 0.4) is 0 Å². The molecule has 0 aliphatic heterocycles. The molecule has 0 saturated carbocycles. The van der Waals surface area contributed by atoms with E-state index in [1.165, 1.54) is 180 Å². The second kappa shape index (κ2) is 69.6. The number of phosphoric acid groups is 2. The van der Waals surface area contributed by atoms with E-state index < -0.39 is 97.5 Å². The number of aliphatic hydroxyl groups excluding tert-OH is 1. The van der Waals surface area contributed by atoms with Gasteiger partial charge in [0.1, 0.15) is 19.3 Å². The number of ether oxygens (including phenoxy) is 4. The van der Waals surface area contributed by atoms with Gasteiger partial charge < -0.3 is 33.8 Å². The highest BCUT2D eigenvalue weighted by molar-refractivity contribution is 7.47. The number of carbonyl (C=O) groups excluding carboxylic acids is 4. The van der Waals surface area contributed by atoms with Crippen LogP contribution in [0.15, 0.2) is 24.3 Å². The standard InChI is InChI=1S/C77H146O17P2/c1-6-9-12-15-18-21-23-25-27-28-29-30-32-34-38-42-47-52-57-62-76(81)94-73(67-88-75(80)61-56-51-46-41-37-33-31-26-24-22-19-16-13-10-7-2)69-92-96(85,86)90-65-71(78)64-89-95(83,84)91-68-72(66-87-74(79)60-55-50-45-20-17-14-11-8-3)93-77(82)63-58-53-48-43-39-35-36-40-44-49-54-59-70(4)5/h22,24,26,31,70-73,78H,6-21,23,25,27-30,32-69H2,1-5H3,(H,83,84)(H,85,86)/b24-22-,31-26-/t71-,72+,73+/m0/s1. The molecule has 0 amide bonds. The summed E-state index contributed by atoms with van der Waals surface area (Å²) in [6.07, 6.45) is 61.9. The quantitative estimate of drug-likeness (QED) is 0.0169. The molecular formula is C77H146O17P2. The first-order valence-corrected chi connectivity index (χ1v) is 42.4. The molecule has 0 aromatic heterocycles. The Hall–Kier alpha value is -2.46. The SMILES string of the molecule is CCCCCC/C=C\C=C/CCCCCCCC(=O)OC[C@H](COP(=O)(O)OC[C@@H](O)COP(=O)(O)OC[C@@H](COC(=O)CCCCCCCCCC)OC(=O)CCCCCCCCCCCCCC(C)C)OC(=O)CCCCCCCCCCCCCCCCCCCCC. The third kappa shape index (κ3) is 70.0. The molecule has 566 valence electrons. The highest BCUT2D eigenvalue weighted by Crippen LogP contribution is 2.45. The Balaban J connectivity index is 5.24. The number of rotatable bonds is 75. The normalized spacial score (nSPS) is 14.1. The van der Waals surface area contributed by atoms with Crippen molar-refractivity contribution in [3.8, 4) is 0 Å². The minimum atomic E-state index is -4.96. The highest BCUT2D eigenvalue weighted by Gasteiger charge is 2.30. The number of phosphoric ester groups is 2. The summed E-state index contributed by atoms with van der Waals surface area (Å²) in [7, 11) is -9.92. The number of aliphatic hydroxyl groups is 1. The summed E-state index contributed by atoms with van der Waals surface area (Å²) in [5, 5.41) is 10.6. The van der Waals surface area contributed by atoms with E-state index in [1.807, 2.05) is 0 Å². The Morgan fingerprint density at radius 3 is 0.854 bits per heavy atom. The van der Waals surface area contributed by atoms with E-state index in [1.54, 1.807) is 0 Å². The number of allylic oxidation sites excluding steroid dienone is 4. The van der Waals surface area contributed by atoms with Crippen LogP contribution in [0, 0.1) is 5.92 Å². The second-order valence-electron chi connectivity index (χ2n) is 27.5. The predicted octanol–water partition coefficient (Wildman–Crippen LogP) is 22.4. The van der Waals surface area contributed by atoms with Gasteiger partial charge in [0, 0.05) is 25.7 Å². The lowest BCUT2D eigenvalue weighted by atomic mass is 10.0. The van der Waals surface area contributed by atoms with Crippen LogP contribution in [-0.2, 0) is 65.4 Å². The first-order valence-electron chi connectivity index (χ1n) is 39.5. The molecule has 0 aromatic rings. The maximum Gasteiger partial charge on any atom is 0.472 e. The lowest BCUT2D eigenvalue weighted by molar-refractivity contribution is -0.161. The maximum absolute atomic E-state index is 13.1. The van der Waals surface area contributed by atoms with Crippen LogP contribution in [-0.4, -0.2) is 96.7 Å². The molecule has 0 rings (SSSR count). The van der Waals surface area contributed by atoms with Gasteiger partial charge in [-0.3, -0.25) is 37.3 Å². The van der Waals surface area contributed by atoms with Gasteiger partial charge in [-0.05, 0) is 57.3 Å². The number of hydrogen-bond donors (Lipinski definition) is 3. The smallest absolute Gasteiger partial charge is 0.462 e. The summed E-state index contributed by atoms with van der Waals surface area (Å²) in [4.78, 5) is 72.7. The first-order chi connectivity index (χ1) is 46.5. The largest absolute Gasteiger partial charge is 0.472 e. The van der Waals surface area contributed by atoms with Crippen molar-refractivity contribution in [2.45, 2.75) is 400 Å². The van der Waals surface area contributed by atoms with Crippen molar-refractivity contribution in [2.24, 2.45) is 5.92 Å². The number of hydrogen-bond acceptors (Lipinski definition) is 15. The molecule has 96 heavy (non-hydrogen) atoms. The average Bonchev–Trinajstić information content (AvgIpc) is 2.86. The molecule has 0 aromatic carbocycles. The van der Waals surface area contributed by atoms with E-state index in [0.717, 1.165) is 121 Å². The average molecular weight is 1410 g/mol. The van der Waals surface area contributed by atoms with Crippen molar-refractivity contribution in [3.05, 3.63) is 24.3 Å². The van der Waals surface area contributed by atoms with E-state index in [4.69, 9.17) is 37.0 Å². The van der Waals surface area contributed by atoms with E-state index in [9.17, 15) is 43.2 Å². The van der Waals surface area contributed by atoms with E-state index in [0.29, 0.717) is 25.7 Å². The molecule has 5 atom stereocenters. The van der Waals surface area contributed by atoms with Crippen LogP contribution in [0.2, 0.25) is 0 Å². The molecule has 0 heterocycles. The van der Waals surface area contributed by atoms with Gasteiger partial charge in [-0.25, -0.2) is 9.13 Å². The van der Waals surface area contributed by atoms with Crippen LogP contribution in [0.1, 0.15) is 381 Å². The van der Waals surface area contributed by atoms with E-state index >= 15 is 0 Å². The van der Waals surface area contributed by atoms with Gasteiger partial charge in [-0.15, -0.1) is 0 Å². The van der Waals surface area contributed by atoms with Crippen molar-refractivity contribution < 1.29 is 80.2 Å². The third-order valence-corrected chi connectivity index (χ3v) is 19.3. The Bertz CT molecular complexity index is 1930. The first kappa shape index (κ1) is 93.5. The molecule has 0 fully saturated rings. The fraction of sp³-hybridized carbons (Fsp3) is 0.896. The molecule has 0 bridgehead atoms. The molecule has 19 heteroatoms. The minimum absolute atomic E-state index is 0.102. The monoisotopic (exact) mass is 1410 g/mol. The van der Waals surface area contributed by atoms with E-state index in [2.05, 4.69) is 58.9 Å². The molecule has 0 radical (unpaired) electrons. The van der Waals surface area contributed by atoms with Crippen LogP contribution in [0.25, 0.3) is 0 Å². The summed E-state index contributed by atoms with van der Waals surface area (Å²) < 4.78 is 68.4. The van der Waals surface area contributed by atoms with Gasteiger partial charge in [-0.2, -0.15) is 0 Å². The fourth-order valence-corrected chi connectivity index (χ4v) is 12.9. The zero-order chi connectivity index (χ0) is 70.5. The summed E-state index contributed by atoms with van der Waals surface area (Å²) in [6.45, 7) is 7.20. The predicted molar refractivity (Wildman–Crippen MR) is 391 cm³/mol. The Kier molecular flexibility index (Phi) is 67.8. The molecule has 3 N–H and O–H groups in total. The molecule has 0 aliphatic rings. The molecule has 0 spiro atoms. The van der Waals surface area contributed by atoms with Gasteiger partial charge in [-0.1, -0.05) is 329 Å². The van der Waals surface area contributed by atoms with Gasteiger partial charge in [0.2, 0.25) is 0 Å². The number of esters is 4. The zero-order valence-corrected chi connectivity index (χ0v) is 63.8. The van der Waals surface area contributed by atoms with Crippen LogP contribution in [0.5, 0.6) is 0 Å². The van der Waals surface area contributed by atoms with Gasteiger partial charge in [0.25, 0.3) is 0 Å². The van der Waals surface area contributed by atoms with Crippen LogP contribution in [0.4, 0.5) is 0 Å². The highest BCUT2D eigenvalue weighted by atomic mass is 31.2. The third-order valence-electron chi connectivity index (χ3n) is 17.4. The van der Waals surface area contributed by atoms with E-state index in [-0.39, 0.29) is 25.7 Å². The summed E-state index contributed by atoms with van der Waals surface area (Å²) >= 11 is 0. The topological polar surface area (TPSA) is 237 Å². The molecule has 2 unspecified atom stereocenters. The van der Waals surface area contributed by atoms with Crippen molar-refractivity contribution in [1.29, 1.82) is 0 Å². The second-order valence-corrected chi connectivity index (χ2v) is 30.4. The summed E-state index contributed by atoms with van der Waals surface area (Å²) in [5.41, 5.74) is 0. The lowest BCUT2D eigenvalue weighted by Gasteiger charge is -2.21. The minimum Gasteiger partial charge on any atom is -0.462 e. The molecule has 17 nitrogen and oxygen atoms in total. The Labute approximate surface area is 586 Å². The van der Waals surface area contributed by atoms with Crippen LogP contribution >= 0.6 is 15.6 Å². The maximum atomic E-state index is 13.1. The van der Waals surface area contributed by atoms with Crippen molar-refractivity contribution in [2.75, 3.05) is 39.6 Å². The van der Waals surface area contributed by atoms with Crippen molar-refractivity contribution in [1.82, 2.24) is 0 Å². The zero-order valence-electron chi connectivity index (χ0n) is 62.0. The summed E-state index contributed by atoms with van der Waals surface area (Å²) in [5.74, 6) is -1.38. The molecule has 0 aliphatic carbocycles. The summed E-state index contributed by atoms with van der Waals surface area (Å²) in [6, 6.07) is 0. The number of carbonyl (C=O) groups is 4. The molecular weight excluding hydrogens is 1260 g/mol. The fourth-order valence-electron chi connectivity index (χ4n) is 11.3. The Morgan fingerprint density at radius 1 is 0.323 bits per heavy atom. The Morgan fingerprint density at radius 2 is 0.562 bits per heavy atom. The van der Waals surface area contributed by atoms with Gasteiger partial charge in [0.05, 0.1) is 26.4 Å². The molecule has 0 saturated heterocycles.